The summed E-state index contributed by atoms with van der Waals surface area (Å²) in [7, 11) is 0. The number of carboxylic acid groups (broad SMARTS) is 1. The van der Waals surface area contributed by atoms with Gasteiger partial charge in [-0.2, -0.15) is 0 Å². The van der Waals surface area contributed by atoms with Crippen molar-refractivity contribution in [2.75, 3.05) is 4.90 Å². The summed E-state index contributed by atoms with van der Waals surface area (Å²) in [6.45, 7) is 0. The number of hydrogen-bond acceptors (Lipinski definition) is 3. The molecule has 0 saturated heterocycles. The lowest BCUT2D eigenvalue weighted by atomic mass is 10.2. The third-order valence-corrected chi connectivity index (χ3v) is 2.56. The maximum absolute atomic E-state index is 11.4. The van der Waals surface area contributed by atoms with Crippen LogP contribution >= 0.6 is 11.6 Å². The number of halogens is 1. The third-order valence-electron chi connectivity index (χ3n) is 2.24. The van der Waals surface area contributed by atoms with Crippen LogP contribution in [-0.4, -0.2) is 22.9 Å². The molecule has 5 nitrogen and oxygen atoms in total. The molecule has 86 valence electrons. The topological polar surface area (TPSA) is 74.7 Å². The Morgan fingerprint density at radius 2 is 1.76 bits per heavy atom. The number of nitrogens with zero attached hydrogens (tertiary/aromatic N) is 1. The molecule has 6 heteroatoms. The van der Waals surface area contributed by atoms with Crippen LogP contribution in [0.5, 0.6) is 0 Å². The molecular formula is C11H6ClNO4. The standard InChI is InChI=1S/C11H6ClNO4/c12-7-2-1-6(11(16)17)5-8(7)13-9(14)3-4-10(13)15/h1-5H,(H,16,17). The lowest BCUT2D eigenvalue weighted by Crippen LogP contribution is -2.30. The van der Waals surface area contributed by atoms with E-state index < -0.39 is 17.8 Å². The molecule has 0 aromatic heterocycles. The summed E-state index contributed by atoms with van der Waals surface area (Å²) < 4.78 is 0. The van der Waals surface area contributed by atoms with Crippen molar-refractivity contribution in [2.45, 2.75) is 0 Å². The lowest BCUT2D eigenvalue weighted by Gasteiger charge is -2.15. The van der Waals surface area contributed by atoms with E-state index in [4.69, 9.17) is 16.7 Å². The number of carbonyl (C=O) groups excluding carboxylic acids is 2. The summed E-state index contributed by atoms with van der Waals surface area (Å²) in [6, 6.07) is 3.82. The van der Waals surface area contributed by atoms with Crippen LogP contribution in [0.2, 0.25) is 5.02 Å². The average molecular weight is 252 g/mol. The molecule has 1 aliphatic rings. The monoisotopic (exact) mass is 251 g/mol. The summed E-state index contributed by atoms with van der Waals surface area (Å²) in [6.07, 6.45) is 2.21. The molecule has 1 aromatic carbocycles. The summed E-state index contributed by atoms with van der Waals surface area (Å²) in [5, 5.41) is 8.97. The van der Waals surface area contributed by atoms with E-state index in [9.17, 15) is 14.4 Å². The van der Waals surface area contributed by atoms with Gasteiger partial charge in [0.2, 0.25) is 0 Å². The first-order valence-corrected chi connectivity index (χ1v) is 4.97. The highest BCUT2D eigenvalue weighted by Gasteiger charge is 2.27. The van der Waals surface area contributed by atoms with Crippen molar-refractivity contribution in [3.05, 3.63) is 40.9 Å². The predicted molar refractivity (Wildman–Crippen MR) is 60.0 cm³/mol. The van der Waals surface area contributed by atoms with Crippen LogP contribution in [0.15, 0.2) is 30.4 Å². The van der Waals surface area contributed by atoms with Gasteiger partial charge in [-0.15, -0.1) is 0 Å². The Bertz CT molecular complexity index is 547. The van der Waals surface area contributed by atoms with Gasteiger partial charge in [-0.1, -0.05) is 11.6 Å². The third kappa shape index (κ3) is 1.92. The van der Waals surface area contributed by atoms with Gasteiger partial charge in [-0.3, -0.25) is 9.59 Å². The quantitative estimate of drug-likeness (QED) is 0.808. The first kappa shape index (κ1) is 11.3. The van der Waals surface area contributed by atoms with Gasteiger partial charge in [0.15, 0.2) is 0 Å². The highest BCUT2D eigenvalue weighted by molar-refractivity contribution is 6.37. The molecule has 0 fully saturated rings. The Morgan fingerprint density at radius 3 is 2.29 bits per heavy atom. The fourth-order valence-corrected chi connectivity index (χ4v) is 1.66. The van der Waals surface area contributed by atoms with E-state index in [0.717, 1.165) is 17.1 Å². The molecular weight excluding hydrogens is 246 g/mol. The zero-order chi connectivity index (χ0) is 12.6. The van der Waals surface area contributed by atoms with Crippen molar-refractivity contribution in [1.82, 2.24) is 0 Å². The largest absolute Gasteiger partial charge is 0.478 e. The van der Waals surface area contributed by atoms with E-state index in [2.05, 4.69) is 0 Å². The molecule has 2 amide bonds. The second-order valence-electron chi connectivity index (χ2n) is 3.32. The number of carboxylic acids is 1. The second-order valence-corrected chi connectivity index (χ2v) is 3.72. The predicted octanol–water partition coefficient (Wildman–Crippen LogP) is 1.47. The SMILES string of the molecule is O=C(O)c1ccc(Cl)c(N2C(=O)C=CC2=O)c1. The molecule has 0 spiro atoms. The van der Waals surface area contributed by atoms with E-state index in [1.165, 1.54) is 18.2 Å². The molecule has 2 rings (SSSR count). The van der Waals surface area contributed by atoms with Gasteiger partial charge in [-0.05, 0) is 18.2 Å². The molecule has 1 heterocycles. The minimum Gasteiger partial charge on any atom is -0.478 e. The van der Waals surface area contributed by atoms with Crippen LogP contribution in [0.4, 0.5) is 5.69 Å². The van der Waals surface area contributed by atoms with Crippen LogP contribution in [0.3, 0.4) is 0 Å². The van der Waals surface area contributed by atoms with E-state index in [1.807, 2.05) is 0 Å². The summed E-state index contributed by atoms with van der Waals surface area (Å²) >= 11 is 5.84. The van der Waals surface area contributed by atoms with Crippen molar-refractivity contribution in [3.63, 3.8) is 0 Å². The lowest BCUT2D eigenvalue weighted by molar-refractivity contribution is -0.119. The Morgan fingerprint density at radius 1 is 1.18 bits per heavy atom. The zero-order valence-electron chi connectivity index (χ0n) is 8.38. The van der Waals surface area contributed by atoms with Gasteiger partial charge in [0.1, 0.15) is 0 Å². The number of hydrogen-bond donors (Lipinski definition) is 1. The van der Waals surface area contributed by atoms with Crippen LogP contribution in [-0.2, 0) is 9.59 Å². The van der Waals surface area contributed by atoms with Crippen LogP contribution in [0.1, 0.15) is 10.4 Å². The average Bonchev–Trinajstić information content (AvgIpc) is 2.59. The molecule has 0 saturated carbocycles. The van der Waals surface area contributed by atoms with Gasteiger partial charge in [0, 0.05) is 12.2 Å². The van der Waals surface area contributed by atoms with Crippen molar-refractivity contribution in [1.29, 1.82) is 0 Å². The van der Waals surface area contributed by atoms with Crippen LogP contribution in [0, 0.1) is 0 Å². The normalized spacial score (nSPS) is 14.5. The van der Waals surface area contributed by atoms with Gasteiger partial charge in [0.05, 0.1) is 16.3 Å². The number of aromatic carboxylic acids is 1. The fraction of sp³-hybridized carbons (Fsp3) is 0. The smallest absolute Gasteiger partial charge is 0.335 e. The number of amides is 2. The maximum Gasteiger partial charge on any atom is 0.335 e. The number of benzene rings is 1. The molecule has 0 atom stereocenters. The molecule has 1 N–H and O–H groups in total. The summed E-state index contributed by atoms with van der Waals surface area (Å²) in [5.41, 5.74) is 0.0310. The van der Waals surface area contributed by atoms with E-state index >= 15 is 0 Å². The molecule has 0 unspecified atom stereocenters. The molecule has 1 aliphatic heterocycles. The summed E-state index contributed by atoms with van der Waals surface area (Å²) in [4.78, 5) is 34.5. The van der Waals surface area contributed by atoms with Crippen LogP contribution in [0.25, 0.3) is 0 Å². The Labute approximate surface area is 101 Å². The maximum atomic E-state index is 11.4. The van der Waals surface area contributed by atoms with Gasteiger partial charge in [0.25, 0.3) is 11.8 Å². The number of rotatable bonds is 2. The van der Waals surface area contributed by atoms with Crippen molar-refractivity contribution >= 4 is 35.1 Å². The van der Waals surface area contributed by atoms with E-state index in [1.54, 1.807) is 0 Å². The Kier molecular flexibility index (Phi) is 2.69. The zero-order valence-corrected chi connectivity index (χ0v) is 9.14. The summed E-state index contributed by atoms with van der Waals surface area (Å²) in [5.74, 6) is -2.24. The fourth-order valence-electron chi connectivity index (χ4n) is 1.45. The second kappa shape index (κ2) is 4.03. The minimum absolute atomic E-state index is 0.0445. The van der Waals surface area contributed by atoms with Crippen molar-refractivity contribution in [2.24, 2.45) is 0 Å². The first-order valence-electron chi connectivity index (χ1n) is 4.59. The number of imide groups is 1. The first-order chi connectivity index (χ1) is 8.00. The van der Waals surface area contributed by atoms with E-state index in [0.29, 0.717) is 0 Å². The minimum atomic E-state index is -1.16. The van der Waals surface area contributed by atoms with Gasteiger partial charge < -0.3 is 5.11 Å². The van der Waals surface area contributed by atoms with E-state index in [-0.39, 0.29) is 16.3 Å². The van der Waals surface area contributed by atoms with Crippen molar-refractivity contribution < 1.29 is 19.5 Å². The number of carbonyl (C=O) groups is 3. The molecule has 17 heavy (non-hydrogen) atoms. The van der Waals surface area contributed by atoms with Crippen molar-refractivity contribution in [3.8, 4) is 0 Å². The highest BCUT2D eigenvalue weighted by Crippen LogP contribution is 2.29. The molecule has 1 aromatic rings. The van der Waals surface area contributed by atoms with Crippen LogP contribution < -0.4 is 4.90 Å². The Balaban J connectivity index is 2.51. The van der Waals surface area contributed by atoms with Gasteiger partial charge >= 0.3 is 5.97 Å². The molecule has 0 aliphatic carbocycles. The molecule has 0 bridgehead atoms. The highest BCUT2D eigenvalue weighted by atomic mass is 35.5. The molecule has 0 radical (unpaired) electrons. The Hall–Kier alpha value is -2.14. The van der Waals surface area contributed by atoms with Gasteiger partial charge in [-0.25, -0.2) is 9.69 Å². The number of anilines is 1.